The van der Waals surface area contributed by atoms with Gasteiger partial charge < -0.3 is 29.8 Å². The summed E-state index contributed by atoms with van der Waals surface area (Å²) in [6, 6.07) is 2.58. The fourth-order valence-electron chi connectivity index (χ4n) is 5.88. The van der Waals surface area contributed by atoms with Crippen LogP contribution in [-0.2, 0) is 6.42 Å². The van der Waals surface area contributed by atoms with E-state index in [-0.39, 0.29) is 45.2 Å². The van der Waals surface area contributed by atoms with E-state index >= 15 is 0 Å². The highest BCUT2D eigenvalue weighted by molar-refractivity contribution is 6.39. The molecule has 0 spiro atoms. The van der Waals surface area contributed by atoms with Crippen molar-refractivity contribution in [2.24, 2.45) is 5.84 Å². The van der Waals surface area contributed by atoms with Crippen molar-refractivity contribution >= 4 is 54.9 Å². The molecule has 9 heteroatoms. The Labute approximate surface area is 203 Å². The van der Waals surface area contributed by atoms with Crippen LogP contribution in [0.15, 0.2) is 27.3 Å². The van der Waals surface area contributed by atoms with Gasteiger partial charge in [0.25, 0.3) is 0 Å². The standard InChI is InChI=1S/C27H22N2O7/c1-9-5-10-16-17-11(6-9)27(36-4)26(33)19-13(31)8-15(35-3)21(23(17)19)20-14(34-2)7-12(30)18(22(16)20)25(32)24(10)29-28/h5,7-8,29,32-33H,6,28H2,1-4H3. The summed E-state index contributed by atoms with van der Waals surface area (Å²) in [5.74, 6) is 5.96. The summed E-state index contributed by atoms with van der Waals surface area (Å²) in [4.78, 5) is 26.7. The van der Waals surface area contributed by atoms with E-state index < -0.39 is 10.9 Å². The van der Waals surface area contributed by atoms with Crippen molar-refractivity contribution in [3.05, 3.63) is 49.3 Å². The lowest BCUT2D eigenvalue weighted by atomic mass is 9.83. The molecule has 0 fully saturated rings. The molecule has 0 atom stereocenters. The van der Waals surface area contributed by atoms with E-state index in [1.165, 1.54) is 33.5 Å². The van der Waals surface area contributed by atoms with Crippen LogP contribution in [-0.4, -0.2) is 31.5 Å². The Bertz CT molecular complexity index is 1930. The highest BCUT2D eigenvalue weighted by Crippen LogP contribution is 2.56. The predicted octanol–water partition coefficient (Wildman–Crippen LogP) is 3.58. The molecule has 0 aliphatic heterocycles. The topological polar surface area (TPSA) is 140 Å². The van der Waals surface area contributed by atoms with Crippen molar-refractivity contribution in [3.63, 3.8) is 0 Å². The van der Waals surface area contributed by atoms with Crippen LogP contribution in [0.2, 0.25) is 0 Å². The molecule has 0 aromatic heterocycles. The van der Waals surface area contributed by atoms with Gasteiger partial charge in [0.2, 0.25) is 0 Å². The lowest BCUT2D eigenvalue weighted by molar-refractivity contribution is 0.373. The second-order valence-corrected chi connectivity index (χ2v) is 8.96. The monoisotopic (exact) mass is 486 g/mol. The van der Waals surface area contributed by atoms with E-state index in [0.717, 1.165) is 5.57 Å². The largest absolute Gasteiger partial charge is 0.505 e. The normalized spacial score (nSPS) is 13.1. The zero-order valence-corrected chi connectivity index (χ0v) is 20.0. The Balaban J connectivity index is 2.20. The molecule has 5 aromatic carbocycles. The first-order valence-corrected chi connectivity index (χ1v) is 11.2. The molecule has 6 rings (SSSR count). The zero-order valence-electron chi connectivity index (χ0n) is 20.0. The molecule has 0 amide bonds. The maximum atomic E-state index is 13.3. The van der Waals surface area contributed by atoms with E-state index in [9.17, 15) is 19.8 Å². The summed E-state index contributed by atoms with van der Waals surface area (Å²) >= 11 is 0. The van der Waals surface area contributed by atoms with Crippen molar-refractivity contribution < 1.29 is 24.4 Å². The van der Waals surface area contributed by atoms with Gasteiger partial charge in [-0.25, -0.2) is 0 Å². The van der Waals surface area contributed by atoms with Crippen LogP contribution in [0.5, 0.6) is 28.7 Å². The van der Waals surface area contributed by atoms with Gasteiger partial charge in [0.1, 0.15) is 11.5 Å². The summed E-state index contributed by atoms with van der Waals surface area (Å²) in [6.45, 7) is 1.90. The maximum absolute atomic E-state index is 13.3. The van der Waals surface area contributed by atoms with Gasteiger partial charge in [-0.3, -0.25) is 15.4 Å². The minimum atomic E-state index is -0.459. The van der Waals surface area contributed by atoms with Crippen LogP contribution < -0.4 is 36.3 Å². The third kappa shape index (κ3) is 2.42. The predicted molar refractivity (Wildman–Crippen MR) is 140 cm³/mol. The van der Waals surface area contributed by atoms with Gasteiger partial charge in [-0.05, 0) is 18.7 Å². The zero-order chi connectivity index (χ0) is 25.6. The van der Waals surface area contributed by atoms with Crippen molar-refractivity contribution in [2.75, 3.05) is 26.8 Å². The van der Waals surface area contributed by atoms with E-state index in [1.807, 2.05) is 13.0 Å². The smallest absolute Gasteiger partial charge is 0.194 e. The molecule has 0 radical (unpaired) electrons. The van der Waals surface area contributed by atoms with Gasteiger partial charge in [0.15, 0.2) is 28.1 Å². The third-order valence-electron chi connectivity index (χ3n) is 7.18. The molecule has 5 aromatic rings. The second kappa shape index (κ2) is 7.25. The first kappa shape index (κ1) is 22.0. The molecule has 0 heterocycles. The number of nitrogen functional groups attached to an aromatic ring is 1. The van der Waals surface area contributed by atoms with Gasteiger partial charge in [-0.1, -0.05) is 11.6 Å². The van der Waals surface area contributed by atoms with Crippen LogP contribution in [0.4, 0.5) is 5.69 Å². The van der Waals surface area contributed by atoms with Gasteiger partial charge in [0, 0.05) is 50.2 Å². The molecule has 182 valence electrons. The summed E-state index contributed by atoms with van der Waals surface area (Å²) in [5.41, 5.74) is 3.88. The number of anilines is 1. The SMILES string of the molecule is COc1c(O)c2c(=O)cc(OC)c3c4c(OC)cc(=O)c5c(O)c(NN)c6c(c(c1CC(C)=C6)c23)c54. The molecule has 9 nitrogen and oxygen atoms in total. The van der Waals surface area contributed by atoms with Crippen LogP contribution in [0.25, 0.3) is 49.2 Å². The fraction of sp³-hybridized carbons (Fsp3) is 0.185. The molecule has 1 aliphatic carbocycles. The number of allylic oxidation sites excluding steroid dienone is 1. The number of phenols is 2. The van der Waals surface area contributed by atoms with Crippen LogP contribution in [0, 0.1) is 0 Å². The number of aromatic hydroxyl groups is 2. The number of hydrogen-bond donors (Lipinski definition) is 4. The lowest BCUT2D eigenvalue weighted by Gasteiger charge is -2.23. The summed E-state index contributed by atoms with van der Waals surface area (Å²) < 4.78 is 16.9. The minimum absolute atomic E-state index is 0.0514. The van der Waals surface area contributed by atoms with Crippen molar-refractivity contribution in [1.29, 1.82) is 0 Å². The third-order valence-corrected chi connectivity index (χ3v) is 7.18. The molecule has 0 bridgehead atoms. The molecule has 36 heavy (non-hydrogen) atoms. The van der Waals surface area contributed by atoms with Gasteiger partial charge in [0.05, 0.1) is 37.8 Å². The first-order valence-electron chi connectivity index (χ1n) is 11.2. The molecule has 5 N–H and O–H groups in total. The summed E-state index contributed by atoms with van der Waals surface area (Å²) in [5, 5.41) is 25.7. The Morgan fingerprint density at radius 2 is 1.33 bits per heavy atom. The minimum Gasteiger partial charge on any atom is -0.505 e. The van der Waals surface area contributed by atoms with Crippen molar-refractivity contribution in [3.8, 4) is 28.7 Å². The quantitative estimate of drug-likeness (QED) is 0.0986. The average molecular weight is 486 g/mol. The Kier molecular flexibility index (Phi) is 4.43. The van der Waals surface area contributed by atoms with E-state index in [1.54, 1.807) is 0 Å². The molecule has 0 saturated carbocycles. The number of ether oxygens (including phenoxy) is 3. The van der Waals surface area contributed by atoms with Crippen LogP contribution >= 0.6 is 0 Å². The average Bonchev–Trinajstić information content (AvgIpc) is 3.00. The molecule has 0 unspecified atom stereocenters. The second-order valence-electron chi connectivity index (χ2n) is 8.96. The summed E-state index contributed by atoms with van der Waals surface area (Å²) in [6.07, 6.45) is 2.24. The van der Waals surface area contributed by atoms with Crippen molar-refractivity contribution in [2.45, 2.75) is 13.3 Å². The molecular weight excluding hydrogens is 464 g/mol. The van der Waals surface area contributed by atoms with Crippen LogP contribution in [0.3, 0.4) is 0 Å². The number of hydrogen-bond acceptors (Lipinski definition) is 9. The Morgan fingerprint density at radius 1 is 0.778 bits per heavy atom. The number of rotatable bonds is 4. The van der Waals surface area contributed by atoms with Gasteiger partial charge in [-0.2, -0.15) is 0 Å². The number of nitrogens with one attached hydrogen (secondary N) is 1. The number of hydrazine groups is 1. The fourth-order valence-corrected chi connectivity index (χ4v) is 5.88. The number of methoxy groups -OCH3 is 3. The number of nitrogens with two attached hydrogens (primary N) is 1. The van der Waals surface area contributed by atoms with E-state index in [4.69, 9.17) is 20.1 Å². The Hall–Kier alpha value is -4.50. The van der Waals surface area contributed by atoms with E-state index in [0.29, 0.717) is 49.9 Å². The van der Waals surface area contributed by atoms with Crippen molar-refractivity contribution in [1.82, 2.24) is 0 Å². The Morgan fingerprint density at radius 3 is 1.86 bits per heavy atom. The van der Waals surface area contributed by atoms with Crippen LogP contribution in [0.1, 0.15) is 18.1 Å². The van der Waals surface area contributed by atoms with Gasteiger partial charge in [-0.15, -0.1) is 0 Å². The lowest BCUT2D eigenvalue weighted by Crippen LogP contribution is -2.12. The number of benzene rings is 5. The first-order chi connectivity index (χ1) is 17.3. The molecular formula is C27H22N2O7. The molecule has 1 aliphatic rings. The van der Waals surface area contributed by atoms with E-state index in [2.05, 4.69) is 5.43 Å². The maximum Gasteiger partial charge on any atom is 0.194 e. The van der Waals surface area contributed by atoms with Gasteiger partial charge >= 0.3 is 0 Å². The number of phenolic OH excluding ortho intramolecular Hbond substituents is 2. The highest BCUT2D eigenvalue weighted by atomic mass is 16.5. The summed E-state index contributed by atoms with van der Waals surface area (Å²) in [7, 11) is 4.31. The molecule has 0 saturated heterocycles. The number of fused-ring (bicyclic) bond motifs is 1. The highest BCUT2D eigenvalue weighted by Gasteiger charge is 2.32.